The molecule has 0 atom stereocenters. The van der Waals surface area contributed by atoms with E-state index in [9.17, 15) is 5.11 Å². The first-order valence-corrected chi connectivity index (χ1v) is 7.55. The van der Waals surface area contributed by atoms with Crippen LogP contribution in [-0.2, 0) is 0 Å². The number of imidazole rings is 1. The second-order valence-electron chi connectivity index (χ2n) is 5.68. The Hall–Kier alpha value is -3.07. The minimum Gasteiger partial charge on any atom is -0.508 e. The molecular weight excluding hydrogens is 284 g/mol. The van der Waals surface area contributed by atoms with E-state index in [-0.39, 0.29) is 5.75 Å². The van der Waals surface area contributed by atoms with Gasteiger partial charge >= 0.3 is 0 Å². The van der Waals surface area contributed by atoms with Gasteiger partial charge < -0.3 is 10.1 Å². The van der Waals surface area contributed by atoms with Crippen LogP contribution in [0.1, 0.15) is 5.82 Å². The van der Waals surface area contributed by atoms with Gasteiger partial charge in [-0.2, -0.15) is 0 Å². The standard InChI is InChI=1S/C20H16N2O/c1-13-21-19-11-8-17(12-20(19)22-13)16-4-2-14(3-5-16)15-6-9-18(23)10-7-15/h2-12,23H,1H3,(H,21,22). The summed E-state index contributed by atoms with van der Waals surface area (Å²) in [6.07, 6.45) is 0. The quantitative estimate of drug-likeness (QED) is 0.552. The molecule has 0 saturated carbocycles. The average Bonchev–Trinajstić information content (AvgIpc) is 2.95. The van der Waals surface area contributed by atoms with E-state index in [1.165, 1.54) is 11.1 Å². The lowest BCUT2D eigenvalue weighted by Gasteiger charge is -2.05. The summed E-state index contributed by atoms with van der Waals surface area (Å²) < 4.78 is 0. The van der Waals surface area contributed by atoms with E-state index in [2.05, 4.69) is 46.4 Å². The fourth-order valence-corrected chi connectivity index (χ4v) is 2.83. The number of aromatic nitrogens is 2. The normalized spacial score (nSPS) is 11.0. The van der Waals surface area contributed by atoms with E-state index < -0.39 is 0 Å². The predicted octanol–water partition coefficient (Wildman–Crippen LogP) is 4.91. The van der Waals surface area contributed by atoms with Gasteiger partial charge in [0.05, 0.1) is 11.0 Å². The summed E-state index contributed by atoms with van der Waals surface area (Å²) in [4.78, 5) is 7.71. The van der Waals surface area contributed by atoms with Gasteiger partial charge in [0.2, 0.25) is 0 Å². The first-order chi connectivity index (χ1) is 11.2. The molecule has 2 N–H and O–H groups in total. The van der Waals surface area contributed by atoms with Crippen LogP contribution in [0.3, 0.4) is 0 Å². The third-order valence-electron chi connectivity index (χ3n) is 4.02. The average molecular weight is 300 g/mol. The number of aryl methyl sites for hydroxylation is 1. The molecule has 0 unspecified atom stereocenters. The topological polar surface area (TPSA) is 48.9 Å². The fourth-order valence-electron chi connectivity index (χ4n) is 2.83. The van der Waals surface area contributed by atoms with Gasteiger partial charge in [0.25, 0.3) is 0 Å². The zero-order valence-electron chi connectivity index (χ0n) is 12.7. The minimum absolute atomic E-state index is 0.286. The fraction of sp³-hybridized carbons (Fsp3) is 0.0500. The maximum Gasteiger partial charge on any atom is 0.115 e. The molecule has 4 rings (SSSR count). The van der Waals surface area contributed by atoms with Crippen molar-refractivity contribution in [2.75, 3.05) is 0 Å². The SMILES string of the molecule is Cc1nc2ccc(-c3ccc(-c4ccc(O)cc4)cc3)cc2[nH]1. The second kappa shape index (κ2) is 5.29. The number of aromatic amines is 1. The molecule has 0 aliphatic rings. The Kier molecular flexibility index (Phi) is 3.12. The lowest BCUT2D eigenvalue weighted by molar-refractivity contribution is 0.475. The summed E-state index contributed by atoms with van der Waals surface area (Å²) >= 11 is 0. The monoisotopic (exact) mass is 300 g/mol. The molecule has 0 aliphatic carbocycles. The van der Waals surface area contributed by atoms with Gasteiger partial charge in [-0.3, -0.25) is 0 Å². The van der Waals surface area contributed by atoms with E-state index in [0.29, 0.717) is 0 Å². The van der Waals surface area contributed by atoms with Crippen molar-refractivity contribution in [3.63, 3.8) is 0 Å². The Morgan fingerprint density at radius 1 is 0.739 bits per heavy atom. The van der Waals surface area contributed by atoms with Crippen LogP contribution in [0.5, 0.6) is 5.75 Å². The summed E-state index contributed by atoms with van der Waals surface area (Å²) in [7, 11) is 0. The first kappa shape index (κ1) is 13.6. The molecule has 0 spiro atoms. The number of phenols is 1. The van der Waals surface area contributed by atoms with Crippen molar-refractivity contribution in [3.8, 4) is 28.0 Å². The van der Waals surface area contributed by atoms with Crippen LogP contribution in [-0.4, -0.2) is 15.1 Å². The van der Waals surface area contributed by atoms with E-state index in [1.807, 2.05) is 25.1 Å². The molecule has 0 radical (unpaired) electrons. The van der Waals surface area contributed by atoms with Crippen molar-refractivity contribution < 1.29 is 5.11 Å². The van der Waals surface area contributed by atoms with Gasteiger partial charge in [-0.1, -0.05) is 42.5 Å². The van der Waals surface area contributed by atoms with Gasteiger partial charge in [0.15, 0.2) is 0 Å². The van der Waals surface area contributed by atoms with E-state index >= 15 is 0 Å². The number of hydrogen-bond acceptors (Lipinski definition) is 2. The van der Waals surface area contributed by atoms with Crippen molar-refractivity contribution in [2.45, 2.75) is 6.92 Å². The van der Waals surface area contributed by atoms with Crippen LogP contribution in [0.2, 0.25) is 0 Å². The van der Waals surface area contributed by atoms with Crippen LogP contribution in [0, 0.1) is 6.92 Å². The number of nitrogens with one attached hydrogen (secondary N) is 1. The van der Waals surface area contributed by atoms with E-state index in [4.69, 9.17) is 0 Å². The van der Waals surface area contributed by atoms with Gasteiger partial charge in [0, 0.05) is 0 Å². The molecule has 4 aromatic rings. The summed E-state index contributed by atoms with van der Waals surface area (Å²) in [6.45, 7) is 1.96. The highest BCUT2D eigenvalue weighted by Gasteiger charge is 2.04. The molecule has 0 fully saturated rings. The summed E-state index contributed by atoms with van der Waals surface area (Å²) in [5, 5.41) is 9.38. The smallest absolute Gasteiger partial charge is 0.115 e. The van der Waals surface area contributed by atoms with Crippen LogP contribution >= 0.6 is 0 Å². The van der Waals surface area contributed by atoms with Gasteiger partial charge in [-0.05, 0) is 53.4 Å². The molecule has 1 heterocycles. The van der Waals surface area contributed by atoms with Gasteiger partial charge in [0.1, 0.15) is 11.6 Å². The number of hydrogen-bond donors (Lipinski definition) is 2. The molecule has 0 saturated heterocycles. The summed E-state index contributed by atoms with van der Waals surface area (Å²) in [6, 6.07) is 22.0. The molecule has 1 aromatic heterocycles. The second-order valence-corrected chi connectivity index (χ2v) is 5.68. The van der Waals surface area contributed by atoms with Crippen LogP contribution in [0.4, 0.5) is 0 Å². The van der Waals surface area contributed by atoms with Crippen molar-refractivity contribution in [3.05, 3.63) is 72.6 Å². The molecule has 23 heavy (non-hydrogen) atoms. The Morgan fingerprint density at radius 2 is 1.26 bits per heavy atom. The Labute approximate surface area is 134 Å². The maximum atomic E-state index is 9.38. The Morgan fingerprint density at radius 3 is 1.91 bits per heavy atom. The lowest BCUT2D eigenvalue weighted by atomic mass is 10.00. The molecule has 3 heteroatoms. The predicted molar refractivity (Wildman–Crippen MR) is 93.4 cm³/mol. The molecular formula is C20H16N2O. The first-order valence-electron chi connectivity index (χ1n) is 7.55. The summed E-state index contributed by atoms with van der Waals surface area (Å²) in [5.74, 6) is 1.22. The number of nitrogens with zero attached hydrogens (tertiary/aromatic N) is 1. The maximum absolute atomic E-state index is 9.38. The van der Waals surface area contributed by atoms with Crippen molar-refractivity contribution in [1.82, 2.24) is 9.97 Å². The number of benzene rings is 3. The zero-order valence-corrected chi connectivity index (χ0v) is 12.7. The van der Waals surface area contributed by atoms with Crippen molar-refractivity contribution in [1.29, 1.82) is 0 Å². The molecule has 3 aromatic carbocycles. The Bertz CT molecular complexity index is 967. The highest BCUT2D eigenvalue weighted by Crippen LogP contribution is 2.27. The van der Waals surface area contributed by atoms with Crippen LogP contribution in [0.15, 0.2) is 66.7 Å². The third kappa shape index (κ3) is 2.57. The van der Waals surface area contributed by atoms with Gasteiger partial charge in [-0.25, -0.2) is 4.98 Å². The highest BCUT2D eigenvalue weighted by molar-refractivity contribution is 5.82. The van der Waals surface area contributed by atoms with Crippen molar-refractivity contribution >= 4 is 11.0 Å². The number of H-pyrrole nitrogens is 1. The molecule has 0 aliphatic heterocycles. The highest BCUT2D eigenvalue weighted by atomic mass is 16.3. The lowest BCUT2D eigenvalue weighted by Crippen LogP contribution is -1.81. The number of fused-ring (bicyclic) bond motifs is 1. The number of aromatic hydroxyl groups is 1. The van der Waals surface area contributed by atoms with Crippen LogP contribution < -0.4 is 0 Å². The number of rotatable bonds is 2. The minimum atomic E-state index is 0.286. The van der Waals surface area contributed by atoms with Gasteiger partial charge in [-0.15, -0.1) is 0 Å². The molecule has 0 amide bonds. The molecule has 112 valence electrons. The summed E-state index contributed by atoms with van der Waals surface area (Å²) in [5.41, 5.74) is 6.61. The molecule has 0 bridgehead atoms. The largest absolute Gasteiger partial charge is 0.508 e. The number of phenolic OH excluding ortho intramolecular Hbond substituents is 1. The van der Waals surface area contributed by atoms with E-state index in [0.717, 1.165) is 28.0 Å². The van der Waals surface area contributed by atoms with E-state index in [1.54, 1.807) is 12.1 Å². The molecule has 3 nitrogen and oxygen atoms in total. The Balaban J connectivity index is 1.69. The van der Waals surface area contributed by atoms with Crippen molar-refractivity contribution in [2.24, 2.45) is 0 Å². The van der Waals surface area contributed by atoms with Crippen LogP contribution in [0.25, 0.3) is 33.3 Å². The zero-order chi connectivity index (χ0) is 15.8. The third-order valence-corrected chi connectivity index (χ3v) is 4.02.